The molecular formula is C100H109BBrCl7F2MgN12O2. The quantitative estimate of drug-likeness (QED) is 0.104. The van der Waals surface area contributed by atoms with E-state index < -0.39 is 24.1 Å². The average molecular weight is 1910 g/mol. The Morgan fingerprint density at radius 1 is 0.270 bits per heavy atom. The maximum Gasteiger partial charge on any atom is 2.00 e. The predicted molar refractivity (Wildman–Crippen MR) is 516 cm³/mol. The van der Waals surface area contributed by atoms with Gasteiger partial charge in [0.2, 0.25) is 26.4 Å². The van der Waals surface area contributed by atoms with Crippen molar-refractivity contribution >= 4 is 117 Å². The summed E-state index contributed by atoms with van der Waals surface area (Å²) in [4.78, 5) is 51.0. The van der Waals surface area contributed by atoms with Gasteiger partial charge in [0.1, 0.15) is 11.6 Å². The molecule has 1 aliphatic rings. The second-order valence-corrected chi connectivity index (χ2v) is 40.9. The average Bonchev–Trinajstić information content (AvgIpc) is 1.63. The molecule has 14 rings (SSSR count). The van der Waals surface area contributed by atoms with Crippen molar-refractivity contribution in [3.63, 3.8) is 0 Å². The minimum absolute atomic E-state index is 0. The monoisotopic (exact) mass is 1910 g/mol. The van der Waals surface area contributed by atoms with Crippen molar-refractivity contribution in [2.24, 2.45) is 0 Å². The van der Waals surface area contributed by atoms with Crippen molar-refractivity contribution in [1.29, 1.82) is 0 Å². The summed E-state index contributed by atoms with van der Waals surface area (Å²) in [6, 6.07) is 69.5. The van der Waals surface area contributed by atoms with Gasteiger partial charge < -0.3 is 26.3 Å². The third kappa shape index (κ3) is 29.8. The Labute approximate surface area is 806 Å². The molecule has 0 N–H and O–H groups in total. The Morgan fingerprint density at radius 2 is 0.476 bits per heavy atom. The molecular weight excluding hydrogens is 1800 g/mol. The van der Waals surface area contributed by atoms with Crippen LogP contribution in [-0.4, -0.2) is 101 Å². The molecule has 0 amide bonds. The Hall–Kier alpha value is -7.86. The van der Waals surface area contributed by atoms with Gasteiger partial charge in [-0.3, -0.25) is 0 Å². The molecule has 5 heterocycles. The van der Waals surface area contributed by atoms with Gasteiger partial charge in [0.05, 0.1) is 16.8 Å². The topological polar surface area (TPSA) is 173 Å². The van der Waals surface area contributed by atoms with Crippen molar-refractivity contribution in [2.45, 2.75) is 222 Å². The molecule has 0 spiro atoms. The first-order valence-electron chi connectivity index (χ1n) is 40.7. The van der Waals surface area contributed by atoms with Gasteiger partial charge in [0.15, 0.2) is 40.8 Å². The van der Waals surface area contributed by atoms with Gasteiger partial charge in [0.25, 0.3) is 0 Å². The molecule has 1 fully saturated rings. The van der Waals surface area contributed by atoms with E-state index in [0.717, 1.165) is 33.4 Å². The molecule has 13 aromatic rings. The third-order valence-corrected chi connectivity index (χ3v) is 22.0. The van der Waals surface area contributed by atoms with Crippen LogP contribution in [0.5, 0.6) is 0 Å². The predicted octanol–water partition coefficient (Wildman–Crippen LogP) is 25.2. The van der Waals surface area contributed by atoms with E-state index in [1.54, 1.807) is 12.1 Å². The van der Waals surface area contributed by atoms with Crippen molar-refractivity contribution < 1.29 is 35.1 Å². The van der Waals surface area contributed by atoms with Crippen LogP contribution in [0.4, 0.5) is 8.78 Å². The third-order valence-electron chi connectivity index (χ3n) is 20.7. The molecule has 26 heteroatoms. The standard InChI is InChI=1S/C29H29ClFN3.2C23H26ClN3.C12H15BClFO2.C10H13.C3Cl3N3.BrH.Mg/c1-28(2,3)20-11-7-18(8-12-20)25-32-26(19-9-13-21(14-10-19)29(4,5)6)34-27(33-25)23-17-22(30)15-16-24(23)31;2*1-22(2,3)17-11-7-15(8-12-17)19-25-20(27-21(24)26-19)16-9-13-18(14-10-16)23(4,5)6;1-11(2)12(3,4)17-13(16-11)9-7-8(14)5-6-10(9)15;1-10(2,3)9-7-5-4-6-8-9;4-1-7-2(5)9-3(6)8-1;;/h7-17H,1-6H3;2*7-14H,1-6H3;5-7H,1-4H3;5-8H,1-3H3;;1H;/q;;;;-1;;;+2/p-1. The smallest absolute Gasteiger partial charge is 1.00 e. The Balaban J connectivity index is 0.000000217. The first kappa shape index (κ1) is 105. The number of rotatable bonds is 8. The van der Waals surface area contributed by atoms with Crippen molar-refractivity contribution in [3.05, 3.63) is 299 Å². The summed E-state index contributed by atoms with van der Waals surface area (Å²) >= 11 is 40.4. The van der Waals surface area contributed by atoms with E-state index in [9.17, 15) is 8.78 Å². The number of hydrogen-bond donors (Lipinski definition) is 0. The minimum atomic E-state index is -0.710. The first-order valence-corrected chi connectivity index (χ1v) is 43.4. The number of aromatic nitrogens is 12. The molecule has 656 valence electrons. The summed E-state index contributed by atoms with van der Waals surface area (Å²) < 4.78 is 40.0. The maximum absolute atomic E-state index is 14.7. The van der Waals surface area contributed by atoms with E-state index in [2.05, 4.69) is 291 Å². The van der Waals surface area contributed by atoms with Gasteiger partial charge in [-0.2, -0.15) is 70.8 Å². The fourth-order valence-electron chi connectivity index (χ4n) is 12.2. The first-order chi connectivity index (χ1) is 57.5. The summed E-state index contributed by atoms with van der Waals surface area (Å²) in [5, 5.41) is 1.30. The van der Waals surface area contributed by atoms with Crippen LogP contribution >= 0.6 is 81.2 Å². The van der Waals surface area contributed by atoms with E-state index in [-0.39, 0.29) is 122 Å². The molecule has 0 aliphatic carbocycles. The van der Waals surface area contributed by atoms with E-state index in [1.165, 1.54) is 63.2 Å². The molecule has 0 saturated carbocycles. The zero-order chi connectivity index (χ0) is 91.6. The zero-order valence-corrected chi connectivity index (χ0v) is 84.7. The van der Waals surface area contributed by atoms with E-state index in [0.29, 0.717) is 50.5 Å². The molecule has 14 nitrogen and oxygen atoms in total. The summed E-state index contributed by atoms with van der Waals surface area (Å²) in [5.74, 6) is 2.78. The van der Waals surface area contributed by atoms with Gasteiger partial charge in [-0.1, -0.05) is 314 Å². The molecule has 1 saturated heterocycles. The number of halogens is 10. The van der Waals surface area contributed by atoms with Gasteiger partial charge in [-0.25, -0.2) is 33.7 Å². The Morgan fingerprint density at radius 3 is 0.714 bits per heavy atom. The van der Waals surface area contributed by atoms with Gasteiger partial charge >= 0.3 is 30.2 Å². The van der Waals surface area contributed by atoms with Crippen LogP contribution in [0.3, 0.4) is 0 Å². The molecule has 0 bridgehead atoms. The second-order valence-electron chi connectivity index (χ2n) is 38.3. The van der Waals surface area contributed by atoms with Crippen LogP contribution in [0.25, 0.3) is 79.7 Å². The fourth-order valence-corrected chi connectivity index (χ4v) is 13.5. The van der Waals surface area contributed by atoms with Crippen molar-refractivity contribution in [2.75, 3.05) is 0 Å². The molecule has 0 radical (unpaired) electrons. The summed E-state index contributed by atoms with van der Waals surface area (Å²) in [6.45, 7) is 53.7. The van der Waals surface area contributed by atoms with Crippen LogP contribution in [0, 0.1) is 17.7 Å². The van der Waals surface area contributed by atoms with Gasteiger partial charge in [0, 0.05) is 48.9 Å². The molecule has 0 unspecified atom stereocenters. The van der Waals surface area contributed by atoms with E-state index in [1.807, 2.05) is 113 Å². The zero-order valence-electron chi connectivity index (χ0n) is 76.4. The molecule has 4 aromatic heterocycles. The minimum Gasteiger partial charge on any atom is -1.00 e. The molecule has 1 aliphatic heterocycles. The fraction of sp³-hybridized carbons (Fsp3) is 0.340. The van der Waals surface area contributed by atoms with Gasteiger partial charge in [-0.15, -0.1) is 0 Å². The normalized spacial score (nSPS) is 13.1. The Bertz CT molecular complexity index is 5330. The van der Waals surface area contributed by atoms with Gasteiger partial charge in [-0.05, 0) is 193 Å². The van der Waals surface area contributed by atoms with Crippen LogP contribution < -0.4 is 22.4 Å². The Kier molecular flexibility index (Phi) is 36.1. The van der Waals surface area contributed by atoms with Crippen molar-refractivity contribution in [1.82, 2.24) is 59.8 Å². The maximum atomic E-state index is 14.7. The van der Waals surface area contributed by atoms with Crippen LogP contribution in [0.1, 0.15) is 212 Å². The van der Waals surface area contributed by atoms with Crippen LogP contribution in [0.2, 0.25) is 36.5 Å². The molecule has 126 heavy (non-hydrogen) atoms. The van der Waals surface area contributed by atoms with E-state index in [4.69, 9.17) is 95.5 Å². The molecule has 9 aromatic carbocycles. The summed E-state index contributed by atoms with van der Waals surface area (Å²) in [6.07, 6.45) is 0. The summed E-state index contributed by atoms with van der Waals surface area (Å²) in [5.41, 5.74) is 14.7. The van der Waals surface area contributed by atoms with E-state index >= 15 is 0 Å². The number of hydrogen-bond acceptors (Lipinski definition) is 14. The SMILES string of the molecule is CC(C)(C)c1cc[c-]cc1.CC(C)(C)c1ccc(-c2nc(-c3ccc(C(C)(C)C)cc3)nc(-c3cc(Cl)ccc3F)n2)cc1.CC(C)(C)c1ccc(-c2nc(Cl)nc(-c3ccc(C(C)(C)C)cc3)n2)cc1.CC(C)(C)c1ccc(-c2nc(Cl)nc(-c3ccc(C(C)(C)C)cc3)n2)cc1.CC1(C)OB(c2cc(Cl)ccc2F)OC1(C)C.Clc1nc(Cl)nc(Cl)n1.[Br-].[Mg+2]. The second kappa shape index (κ2) is 43.2. The number of nitrogens with zero attached hydrogens (tertiary/aromatic N) is 12. The number of benzene rings is 9. The van der Waals surface area contributed by atoms with Crippen molar-refractivity contribution in [3.8, 4) is 79.7 Å². The molecule has 0 atom stereocenters. The van der Waals surface area contributed by atoms with Crippen LogP contribution in [0.15, 0.2) is 206 Å². The largest absolute Gasteiger partial charge is 2.00 e. The summed E-state index contributed by atoms with van der Waals surface area (Å²) in [7, 11) is -0.710. The van der Waals surface area contributed by atoms with Crippen LogP contribution in [-0.2, 0) is 47.2 Å².